The quantitative estimate of drug-likeness (QED) is 0.925. The van der Waals surface area contributed by atoms with Crippen LogP contribution in [0.25, 0.3) is 0 Å². The number of rotatable bonds is 3. The van der Waals surface area contributed by atoms with Crippen LogP contribution in [-0.4, -0.2) is 22.5 Å². The molecule has 0 bridgehead atoms. The molecule has 2 heterocycles. The molecule has 0 spiro atoms. The zero-order valence-electron chi connectivity index (χ0n) is 9.69. The van der Waals surface area contributed by atoms with E-state index in [-0.39, 0.29) is 12.1 Å². The average Bonchev–Trinajstić information content (AvgIpc) is 2.85. The summed E-state index contributed by atoms with van der Waals surface area (Å²) in [5.41, 5.74) is 7.41. The maximum absolute atomic E-state index is 6.34. The largest absolute Gasteiger partial charge is 0.378 e. The van der Waals surface area contributed by atoms with Crippen LogP contribution in [0.2, 0.25) is 0 Å². The number of hydrogen-bond acceptors (Lipinski definition) is 3. The molecule has 1 aliphatic rings. The molecule has 1 saturated heterocycles. The van der Waals surface area contributed by atoms with Crippen molar-refractivity contribution < 1.29 is 4.74 Å². The van der Waals surface area contributed by atoms with E-state index in [1.807, 2.05) is 11.7 Å². The van der Waals surface area contributed by atoms with Crippen LogP contribution < -0.4 is 5.73 Å². The molecule has 0 radical (unpaired) electrons. The smallest absolute Gasteiger partial charge is 0.0694 e. The van der Waals surface area contributed by atoms with E-state index in [1.165, 1.54) is 0 Å². The Hall–Kier alpha value is -0.390. The number of nitrogens with two attached hydrogens (primary N) is 1. The van der Waals surface area contributed by atoms with Crippen LogP contribution in [0.4, 0.5) is 0 Å². The van der Waals surface area contributed by atoms with Crippen molar-refractivity contribution in [3.63, 3.8) is 0 Å². The van der Waals surface area contributed by atoms with Gasteiger partial charge < -0.3 is 10.5 Å². The summed E-state index contributed by atoms with van der Waals surface area (Å²) in [7, 11) is 1.93. The van der Waals surface area contributed by atoms with Crippen molar-refractivity contribution in [3.05, 3.63) is 16.4 Å². The summed E-state index contributed by atoms with van der Waals surface area (Å²) in [5, 5.41) is 4.21. The number of aryl methyl sites for hydroxylation is 1. The van der Waals surface area contributed by atoms with Gasteiger partial charge in [-0.05, 0) is 28.8 Å². The van der Waals surface area contributed by atoms with Gasteiger partial charge in [0.1, 0.15) is 0 Å². The SMILES string of the molecule is CCC1OCCC1C(N)c1c(Br)cnn1C. The van der Waals surface area contributed by atoms with Gasteiger partial charge in [0.2, 0.25) is 0 Å². The minimum atomic E-state index is -0.00525. The van der Waals surface area contributed by atoms with Gasteiger partial charge in [0.15, 0.2) is 0 Å². The fraction of sp³-hybridized carbons (Fsp3) is 0.727. The lowest BCUT2D eigenvalue weighted by Gasteiger charge is -2.24. The summed E-state index contributed by atoms with van der Waals surface area (Å²) in [6.07, 6.45) is 4.15. The van der Waals surface area contributed by atoms with Crippen molar-refractivity contribution >= 4 is 15.9 Å². The second-order valence-electron chi connectivity index (χ2n) is 4.30. The molecule has 0 aromatic carbocycles. The van der Waals surface area contributed by atoms with Crippen molar-refractivity contribution in [2.24, 2.45) is 18.7 Å². The minimum Gasteiger partial charge on any atom is -0.378 e. The molecule has 1 fully saturated rings. The van der Waals surface area contributed by atoms with Gasteiger partial charge in [-0.25, -0.2) is 0 Å². The van der Waals surface area contributed by atoms with Crippen LogP contribution >= 0.6 is 15.9 Å². The van der Waals surface area contributed by atoms with Crippen LogP contribution in [0.1, 0.15) is 31.5 Å². The van der Waals surface area contributed by atoms with E-state index >= 15 is 0 Å². The highest BCUT2D eigenvalue weighted by Crippen LogP contribution is 2.35. The van der Waals surface area contributed by atoms with Gasteiger partial charge in [-0.3, -0.25) is 4.68 Å². The summed E-state index contributed by atoms with van der Waals surface area (Å²) in [6, 6.07) is -0.00525. The highest BCUT2D eigenvalue weighted by atomic mass is 79.9. The number of nitrogens with zero attached hydrogens (tertiary/aromatic N) is 2. The zero-order valence-corrected chi connectivity index (χ0v) is 11.3. The Morgan fingerprint density at radius 1 is 1.75 bits per heavy atom. The Morgan fingerprint density at radius 2 is 2.50 bits per heavy atom. The van der Waals surface area contributed by atoms with E-state index in [1.54, 1.807) is 6.20 Å². The van der Waals surface area contributed by atoms with Gasteiger partial charge in [-0.15, -0.1) is 0 Å². The van der Waals surface area contributed by atoms with Crippen LogP contribution in [0, 0.1) is 5.92 Å². The summed E-state index contributed by atoms with van der Waals surface area (Å²) in [4.78, 5) is 0. The number of halogens is 1. The predicted octanol–water partition coefficient (Wildman–Crippen LogP) is 2.00. The first kappa shape index (κ1) is 12.1. The van der Waals surface area contributed by atoms with E-state index in [9.17, 15) is 0 Å². The Bertz CT molecular complexity index is 347. The van der Waals surface area contributed by atoms with Crippen LogP contribution in [0.5, 0.6) is 0 Å². The van der Waals surface area contributed by atoms with E-state index < -0.39 is 0 Å². The molecule has 16 heavy (non-hydrogen) atoms. The molecule has 1 aromatic heterocycles. The van der Waals surface area contributed by atoms with Crippen molar-refractivity contribution in [1.29, 1.82) is 0 Å². The Labute approximate surface area is 104 Å². The standard InChI is InChI=1S/C11H18BrN3O/c1-3-9-7(4-5-16-9)10(13)11-8(12)6-14-15(11)2/h6-7,9-10H,3-5,13H2,1-2H3. The lowest BCUT2D eigenvalue weighted by atomic mass is 9.90. The highest BCUT2D eigenvalue weighted by Gasteiger charge is 2.34. The zero-order chi connectivity index (χ0) is 11.7. The Morgan fingerprint density at radius 3 is 3.06 bits per heavy atom. The predicted molar refractivity (Wildman–Crippen MR) is 66.0 cm³/mol. The first-order valence-corrected chi connectivity index (χ1v) is 6.49. The third kappa shape index (κ3) is 2.04. The average molecular weight is 288 g/mol. The molecule has 4 nitrogen and oxygen atoms in total. The fourth-order valence-electron chi connectivity index (χ4n) is 2.49. The van der Waals surface area contributed by atoms with Crippen molar-refractivity contribution in [3.8, 4) is 0 Å². The van der Waals surface area contributed by atoms with Gasteiger partial charge in [0, 0.05) is 19.6 Å². The second kappa shape index (κ2) is 4.85. The Kier molecular flexibility index (Phi) is 3.66. The maximum Gasteiger partial charge on any atom is 0.0694 e. The lowest BCUT2D eigenvalue weighted by molar-refractivity contribution is 0.0806. The molecule has 3 unspecified atom stereocenters. The number of ether oxygens (including phenoxy) is 1. The highest BCUT2D eigenvalue weighted by molar-refractivity contribution is 9.10. The van der Waals surface area contributed by atoms with Gasteiger partial charge in [-0.2, -0.15) is 5.10 Å². The van der Waals surface area contributed by atoms with Crippen molar-refractivity contribution in [2.75, 3.05) is 6.61 Å². The normalized spacial score (nSPS) is 27.2. The van der Waals surface area contributed by atoms with Gasteiger partial charge in [0.25, 0.3) is 0 Å². The maximum atomic E-state index is 6.34. The van der Waals surface area contributed by atoms with Crippen LogP contribution in [0.15, 0.2) is 10.7 Å². The fourth-order valence-corrected chi connectivity index (χ4v) is 3.11. The Balaban J connectivity index is 2.21. The van der Waals surface area contributed by atoms with Gasteiger partial charge in [-0.1, -0.05) is 6.92 Å². The topological polar surface area (TPSA) is 53.1 Å². The molecule has 0 aliphatic carbocycles. The van der Waals surface area contributed by atoms with E-state index in [4.69, 9.17) is 10.5 Å². The molecular formula is C11H18BrN3O. The molecule has 0 saturated carbocycles. The molecule has 0 amide bonds. The monoisotopic (exact) mass is 287 g/mol. The first-order valence-electron chi connectivity index (χ1n) is 5.69. The first-order chi connectivity index (χ1) is 7.65. The third-order valence-corrected chi connectivity index (χ3v) is 3.99. The van der Waals surface area contributed by atoms with Crippen molar-refractivity contribution in [1.82, 2.24) is 9.78 Å². The molecule has 1 aromatic rings. The molecular weight excluding hydrogens is 270 g/mol. The number of hydrogen-bond donors (Lipinski definition) is 1. The summed E-state index contributed by atoms with van der Waals surface area (Å²) >= 11 is 3.50. The third-order valence-electron chi connectivity index (χ3n) is 3.38. The number of aromatic nitrogens is 2. The lowest BCUT2D eigenvalue weighted by Crippen LogP contribution is -2.29. The minimum absolute atomic E-state index is 0.00525. The van der Waals surface area contributed by atoms with Crippen LogP contribution in [0.3, 0.4) is 0 Å². The molecule has 3 atom stereocenters. The van der Waals surface area contributed by atoms with Crippen LogP contribution in [-0.2, 0) is 11.8 Å². The van der Waals surface area contributed by atoms with E-state index in [0.717, 1.165) is 29.6 Å². The molecule has 2 rings (SSSR count). The molecule has 90 valence electrons. The van der Waals surface area contributed by atoms with E-state index in [0.29, 0.717) is 5.92 Å². The molecule has 1 aliphatic heterocycles. The second-order valence-corrected chi connectivity index (χ2v) is 5.15. The molecule has 2 N–H and O–H groups in total. The molecule has 5 heteroatoms. The summed E-state index contributed by atoms with van der Waals surface area (Å²) < 4.78 is 8.53. The van der Waals surface area contributed by atoms with E-state index in [2.05, 4.69) is 28.0 Å². The van der Waals surface area contributed by atoms with Gasteiger partial charge in [0.05, 0.1) is 28.5 Å². The van der Waals surface area contributed by atoms with Crippen molar-refractivity contribution in [2.45, 2.75) is 31.9 Å². The summed E-state index contributed by atoms with van der Waals surface area (Å²) in [6.45, 7) is 2.97. The summed E-state index contributed by atoms with van der Waals surface area (Å²) in [5.74, 6) is 0.400. The van der Waals surface area contributed by atoms with Gasteiger partial charge >= 0.3 is 0 Å².